The predicted octanol–water partition coefficient (Wildman–Crippen LogP) is 5.17. The summed E-state index contributed by atoms with van der Waals surface area (Å²) in [5.41, 5.74) is 3.59. The summed E-state index contributed by atoms with van der Waals surface area (Å²) in [5, 5.41) is 19.2. The molecule has 0 spiro atoms. The summed E-state index contributed by atoms with van der Waals surface area (Å²) in [4.78, 5) is 42.7. The Hall–Kier alpha value is -5.15. The van der Waals surface area contributed by atoms with Crippen LogP contribution in [0.4, 0.5) is 0 Å². The molecule has 0 aliphatic rings. The van der Waals surface area contributed by atoms with E-state index >= 15 is 0 Å². The molecule has 2 amide bonds. The van der Waals surface area contributed by atoms with Crippen molar-refractivity contribution in [3.8, 4) is 22.6 Å². The van der Waals surface area contributed by atoms with E-state index < -0.39 is 5.97 Å². The molecule has 0 atom stereocenters. The van der Waals surface area contributed by atoms with Crippen molar-refractivity contribution >= 4 is 17.8 Å². The van der Waals surface area contributed by atoms with Crippen LogP contribution in [0.1, 0.15) is 38.3 Å². The molecule has 0 aliphatic heterocycles. The van der Waals surface area contributed by atoms with Crippen LogP contribution in [0.15, 0.2) is 97.1 Å². The molecule has 4 aromatic carbocycles. The van der Waals surface area contributed by atoms with Gasteiger partial charge in [-0.1, -0.05) is 78.9 Å². The fourth-order valence-electron chi connectivity index (χ4n) is 5.28. The number of amides is 2. The summed E-state index contributed by atoms with van der Waals surface area (Å²) in [5.74, 6) is -0.529. The average Bonchev–Trinajstić information content (AvgIpc) is 3.07. The van der Waals surface area contributed by atoms with Gasteiger partial charge in [0.2, 0.25) is 0 Å². The Morgan fingerprint density at radius 3 is 1.84 bits per heavy atom. The number of nitrogens with zero attached hydrogens (tertiary/aromatic N) is 2. The second kappa shape index (κ2) is 16.1. The number of aliphatic hydroxyl groups excluding tert-OH is 1. The van der Waals surface area contributed by atoms with Gasteiger partial charge in [-0.3, -0.25) is 14.4 Å². The van der Waals surface area contributed by atoms with E-state index in [4.69, 9.17) is 9.47 Å². The molecular weight excluding hydrogens is 572 g/mol. The maximum atomic E-state index is 14.2. The second-order valence-corrected chi connectivity index (χ2v) is 10.4. The number of methoxy groups -OCH3 is 2. The molecule has 0 heterocycles. The topological polar surface area (TPSA) is 117 Å². The van der Waals surface area contributed by atoms with Crippen LogP contribution in [-0.2, 0) is 17.8 Å². The molecule has 234 valence electrons. The van der Waals surface area contributed by atoms with Crippen molar-refractivity contribution in [2.24, 2.45) is 0 Å². The number of benzene rings is 4. The fourth-order valence-corrected chi connectivity index (χ4v) is 5.28. The number of aliphatic hydroxyl groups is 1. The lowest BCUT2D eigenvalue weighted by molar-refractivity contribution is -0.137. The molecule has 0 fully saturated rings. The summed E-state index contributed by atoms with van der Waals surface area (Å²) in [6.45, 7) is 0.472. The SMILES string of the molecule is COc1cccc(CCN(CCC(=O)O)C(=O)c2ccccc2-c2ccccc2C(=O)N(CCO)Cc2ccccc2)c1OC. The zero-order chi connectivity index (χ0) is 32.2. The zero-order valence-electron chi connectivity index (χ0n) is 25.5. The number of carboxylic acid groups (broad SMARTS) is 1. The molecule has 4 rings (SSSR count). The Labute approximate surface area is 263 Å². The van der Waals surface area contributed by atoms with Crippen molar-refractivity contribution in [1.82, 2.24) is 9.80 Å². The van der Waals surface area contributed by atoms with Gasteiger partial charge in [-0.25, -0.2) is 0 Å². The van der Waals surface area contributed by atoms with E-state index in [1.54, 1.807) is 73.7 Å². The summed E-state index contributed by atoms with van der Waals surface area (Å²) in [6.07, 6.45) is 0.173. The van der Waals surface area contributed by atoms with Gasteiger partial charge in [-0.05, 0) is 46.9 Å². The summed E-state index contributed by atoms with van der Waals surface area (Å²) in [6, 6.07) is 29.1. The molecular formula is C36H38N2O7. The summed E-state index contributed by atoms with van der Waals surface area (Å²) < 4.78 is 11.0. The lowest BCUT2D eigenvalue weighted by Crippen LogP contribution is -2.35. The molecule has 9 heteroatoms. The Morgan fingerprint density at radius 2 is 1.27 bits per heavy atom. The normalized spacial score (nSPS) is 10.6. The van der Waals surface area contributed by atoms with Crippen LogP contribution in [0.3, 0.4) is 0 Å². The largest absolute Gasteiger partial charge is 0.493 e. The number of para-hydroxylation sites is 1. The minimum absolute atomic E-state index is 0.00326. The Kier molecular flexibility index (Phi) is 11.7. The van der Waals surface area contributed by atoms with Gasteiger partial charge >= 0.3 is 5.97 Å². The minimum atomic E-state index is -1.02. The Bertz CT molecular complexity index is 1610. The molecule has 9 nitrogen and oxygen atoms in total. The molecule has 2 N–H and O–H groups in total. The lowest BCUT2D eigenvalue weighted by Gasteiger charge is -2.26. The third-order valence-corrected chi connectivity index (χ3v) is 7.50. The first-order valence-corrected chi connectivity index (χ1v) is 14.7. The summed E-state index contributed by atoms with van der Waals surface area (Å²) >= 11 is 0. The Morgan fingerprint density at radius 1 is 0.667 bits per heavy atom. The first-order chi connectivity index (χ1) is 21.9. The number of rotatable bonds is 15. The van der Waals surface area contributed by atoms with Crippen molar-refractivity contribution in [3.05, 3.63) is 119 Å². The molecule has 0 radical (unpaired) electrons. The predicted molar refractivity (Wildman–Crippen MR) is 172 cm³/mol. The van der Waals surface area contributed by atoms with Crippen molar-refractivity contribution in [2.45, 2.75) is 19.4 Å². The van der Waals surface area contributed by atoms with Gasteiger partial charge in [-0.15, -0.1) is 0 Å². The first-order valence-electron chi connectivity index (χ1n) is 14.7. The highest BCUT2D eigenvalue weighted by Gasteiger charge is 2.25. The monoisotopic (exact) mass is 610 g/mol. The van der Waals surface area contributed by atoms with Gasteiger partial charge in [0.25, 0.3) is 11.8 Å². The zero-order valence-corrected chi connectivity index (χ0v) is 25.5. The molecule has 45 heavy (non-hydrogen) atoms. The van der Waals surface area contributed by atoms with Gasteiger partial charge in [0.05, 0.1) is 27.2 Å². The molecule has 0 saturated carbocycles. The van der Waals surface area contributed by atoms with E-state index in [2.05, 4.69) is 0 Å². The van der Waals surface area contributed by atoms with E-state index in [1.165, 1.54) is 4.90 Å². The molecule has 0 aromatic heterocycles. The molecule has 0 unspecified atom stereocenters. The number of aliphatic carboxylic acids is 1. The van der Waals surface area contributed by atoms with Crippen LogP contribution in [0.25, 0.3) is 11.1 Å². The second-order valence-electron chi connectivity index (χ2n) is 10.4. The van der Waals surface area contributed by atoms with Crippen molar-refractivity contribution < 1.29 is 34.1 Å². The van der Waals surface area contributed by atoms with Gasteiger partial charge in [-0.2, -0.15) is 0 Å². The number of carbonyl (C=O) groups is 3. The average molecular weight is 611 g/mol. The van der Waals surface area contributed by atoms with E-state index in [0.29, 0.717) is 46.7 Å². The van der Waals surface area contributed by atoms with Crippen LogP contribution in [-0.4, -0.2) is 78.3 Å². The molecule has 0 bridgehead atoms. The quantitative estimate of drug-likeness (QED) is 0.191. The van der Waals surface area contributed by atoms with E-state index in [9.17, 15) is 24.6 Å². The van der Waals surface area contributed by atoms with Crippen molar-refractivity contribution in [2.75, 3.05) is 40.5 Å². The van der Waals surface area contributed by atoms with E-state index in [1.807, 2.05) is 42.5 Å². The summed E-state index contributed by atoms with van der Waals surface area (Å²) in [7, 11) is 3.10. The maximum absolute atomic E-state index is 14.2. The number of carbonyl (C=O) groups excluding carboxylic acids is 2. The van der Waals surface area contributed by atoms with Gasteiger partial charge in [0, 0.05) is 37.3 Å². The fraction of sp³-hybridized carbons (Fsp3) is 0.250. The first kappa shape index (κ1) is 32.8. The number of hydrogen-bond acceptors (Lipinski definition) is 6. The van der Waals surface area contributed by atoms with Gasteiger partial charge in [0.1, 0.15) is 0 Å². The highest BCUT2D eigenvalue weighted by molar-refractivity contribution is 6.06. The minimum Gasteiger partial charge on any atom is -0.493 e. The van der Waals surface area contributed by atoms with Gasteiger partial charge in [0.15, 0.2) is 11.5 Å². The third-order valence-electron chi connectivity index (χ3n) is 7.50. The van der Waals surface area contributed by atoms with Crippen LogP contribution >= 0.6 is 0 Å². The van der Waals surface area contributed by atoms with Gasteiger partial charge < -0.3 is 29.5 Å². The van der Waals surface area contributed by atoms with E-state index in [0.717, 1.165) is 11.1 Å². The number of ether oxygens (including phenoxy) is 2. The van der Waals surface area contributed by atoms with Crippen LogP contribution in [0.2, 0.25) is 0 Å². The smallest absolute Gasteiger partial charge is 0.305 e. The maximum Gasteiger partial charge on any atom is 0.305 e. The van der Waals surface area contributed by atoms with Crippen LogP contribution in [0.5, 0.6) is 11.5 Å². The highest BCUT2D eigenvalue weighted by Crippen LogP contribution is 2.32. The Balaban J connectivity index is 1.68. The van der Waals surface area contributed by atoms with Crippen molar-refractivity contribution in [3.63, 3.8) is 0 Å². The molecule has 0 saturated heterocycles. The number of hydrogen-bond donors (Lipinski definition) is 2. The highest BCUT2D eigenvalue weighted by atomic mass is 16.5. The van der Waals surface area contributed by atoms with Crippen LogP contribution in [0, 0.1) is 0 Å². The molecule has 0 aliphatic carbocycles. The van der Waals surface area contributed by atoms with Crippen molar-refractivity contribution in [1.29, 1.82) is 0 Å². The lowest BCUT2D eigenvalue weighted by atomic mass is 9.93. The molecule has 4 aromatic rings. The number of carboxylic acids is 1. The third kappa shape index (κ3) is 8.27. The van der Waals surface area contributed by atoms with Crippen LogP contribution < -0.4 is 9.47 Å². The van der Waals surface area contributed by atoms with E-state index in [-0.39, 0.29) is 44.5 Å². The standard InChI is InChI=1S/C36H38N2O7/c1-44-32-18-10-13-27(34(32)45-2)19-21-37(22-20-33(40)41)35(42)30-16-8-6-14-28(30)29-15-7-9-17-31(29)36(43)38(23-24-39)25-26-11-4-3-5-12-26/h3-18,39H,19-25H2,1-2H3,(H,40,41).